The van der Waals surface area contributed by atoms with Crippen molar-refractivity contribution in [3.8, 4) is 11.5 Å². The average Bonchev–Trinajstić information content (AvgIpc) is 2.51. The van der Waals surface area contributed by atoms with E-state index in [4.69, 9.17) is 32.4 Å². The summed E-state index contributed by atoms with van der Waals surface area (Å²) < 4.78 is 10.9. The molecule has 0 aliphatic carbocycles. The highest BCUT2D eigenvalue weighted by Crippen LogP contribution is 2.24. The van der Waals surface area contributed by atoms with Crippen LogP contribution in [-0.2, 0) is 6.54 Å². The summed E-state index contributed by atoms with van der Waals surface area (Å²) in [5.74, 6) is 1.62. The molecule has 0 saturated carbocycles. The molecule has 0 amide bonds. The van der Waals surface area contributed by atoms with Crippen molar-refractivity contribution in [1.82, 2.24) is 5.32 Å². The van der Waals surface area contributed by atoms with Crippen LogP contribution < -0.4 is 37.7 Å². The molecule has 23 heavy (non-hydrogen) atoms. The van der Waals surface area contributed by atoms with Crippen molar-refractivity contribution < 1.29 is 9.47 Å². The maximum absolute atomic E-state index is 5.70. The van der Waals surface area contributed by atoms with Gasteiger partial charge < -0.3 is 37.7 Å². The fourth-order valence-corrected chi connectivity index (χ4v) is 1.78. The molecular weight excluding hydrogens is 298 g/mol. The second-order valence-corrected chi connectivity index (χ2v) is 4.61. The number of methoxy groups -OCH3 is 1. The number of benzene rings is 1. The van der Waals surface area contributed by atoms with Crippen LogP contribution in [0, 0.1) is 0 Å². The van der Waals surface area contributed by atoms with Crippen molar-refractivity contribution in [3.05, 3.63) is 23.8 Å². The minimum absolute atomic E-state index is 0.0463. The van der Waals surface area contributed by atoms with Gasteiger partial charge in [-0.05, 0) is 18.2 Å². The Morgan fingerprint density at radius 3 is 2.43 bits per heavy atom. The smallest absolute Gasteiger partial charge is 0.186 e. The van der Waals surface area contributed by atoms with Crippen LogP contribution in [-0.4, -0.2) is 45.3 Å². The lowest BCUT2D eigenvalue weighted by Crippen LogP contribution is -2.25. The van der Waals surface area contributed by atoms with Crippen LogP contribution in [0.1, 0.15) is 5.56 Å². The van der Waals surface area contributed by atoms with Crippen LogP contribution in [0.25, 0.3) is 0 Å². The zero-order valence-electron chi connectivity index (χ0n) is 13.3. The Balaban J connectivity index is 2.59. The number of hydrogen-bond donors (Lipinski definition) is 5. The van der Waals surface area contributed by atoms with Gasteiger partial charge in [0.25, 0.3) is 0 Å². The molecule has 0 aromatic heterocycles. The molecule has 1 aromatic rings. The van der Waals surface area contributed by atoms with Gasteiger partial charge in [-0.2, -0.15) is 0 Å². The first kappa shape index (κ1) is 18.4. The summed E-state index contributed by atoms with van der Waals surface area (Å²) in [5.41, 5.74) is 22.0. The number of rotatable bonds is 10. The summed E-state index contributed by atoms with van der Waals surface area (Å²) in [4.78, 5) is 7.78. The lowest BCUT2D eigenvalue weighted by Gasteiger charge is -2.13. The van der Waals surface area contributed by atoms with Gasteiger partial charge in [-0.1, -0.05) is 0 Å². The second-order valence-electron chi connectivity index (χ2n) is 4.61. The van der Waals surface area contributed by atoms with E-state index < -0.39 is 0 Å². The highest BCUT2D eigenvalue weighted by Gasteiger charge is 2.06. The SMILES string of the molecule is COc1ccc(OCCN=C(N)N)c(CNCCN=C(N)N)c1. The molecule has 0 unspecified atom stereocenters. The molecular formula is C14H25N7O2. The molecule has 0 aliphatic heterocycles. The van der Waals surface area contributed by atoms with E-state index >= 15 is 0 Å². The topological polar surface area (TPSA) is 159 Å². The van der Waals surface area contributed by atoms with Crippen LogP contribution in [0.15, 0.2) is 28.2 Å². The van der Waals surface area contributed by atoms with E-state index in [1.165, 1.54) is 0 Å². The third kappa shape index (κ3) is 7.77. The van der Waals surface area contributed by atoms with Gasteiger partial charge in [0, 0.05) is 18.7 Å². The van der Waals surface area contributed by atoms with Gasteiger partial charge in [0.05, 0.1) is 20.2 Å². The van der Waals surface area contributed by atoms with Gasteiger partial charge in [0.1, 0.15) is 18.1 Å². The number of nitrogens with one attached hydrogen (secondary N) is 1. The number of nitrogens with two attached hydrogens (primary N) is 4. The predicted molar refractivity (Wildman–Crippen MR) is 91.5 cm³/mol. The van der Waals surface area contributed by atoms with Gasteiger partial charge in [-0.15, -0.1) is 0 Å². The minimum atomic E-state index is 0.0463. The van der Waals surface area contributed by atoms with Crippen molar-refractivity contribution in [2.45, 2.75) is 6.54 Å². The number of hydrogen-bond acceptors (Lipinski definition) is 5. The molecule has 0 spiro atoms. The Kier molecular flexibility index (Phi) is 8.08. The summed E-state index contributed by atoms with van der Waals surface area (Å²) in [6.45, 7) is 2.52. The lowest BCUT2D eigenvalue weighted by atomic mass is 10.2. The summed E-state index contributed by atoms with van der Waals surface area (Å²) in [5, 5.41) is 3.24. The van der Waals surface area contributed by atoms with Gasteiger partial charge in [-0.25, -0.2) is 0 Å². The van der Waals surface area contributed by atoms with E-state index in [1.807, 2.05) is 18.2 Å². The molecule has 0 saturated heterocycles. The summed E-state index contributed by atoms with van der Waals surface area (Å²) in [6, 6.07) is 5.59. The van der Waals surface area contributed by atoms with Crippen LogP contribution in [0.2, 0.25) is 0 Å². The molecule has 9 heteroatoms. The van der Waals surface area contributed by atoms with Crippen molar-refractivity contribution in [2.24, 2.45) is 32.9 Å². The summed E-state index contributed by atoms with van der Waals surface area (Å²) in [7, 11) is 1.62. The van der Waals surface area contributed by atoms with Crippen LogP contribution in [0.3, 0.4) is 0 Å². The highest BCUT2D eigenvalue weighted by molar-refractivity contribution is 5.75. The second kappa shape index (κ2) is 10.1. The Morgan fingerprint density at radius 1 is 1.09 bits per heavy atom. The predicted octanol–water partition coefficient (Wildman–Crippen LogP) is -1.29. The van der Waals surface area contributed by atoms with Crippen molar-refractivity contribution in [1.29, 1.82) is 0 Å². The third-order valence-electron chi connectivity index (χ3n) is 2.81. The molecule has 0 radical (unpaired) electrons. The number of aliphatic imine (C=N–C) groups is 2. The maximum atomic E-state index is 5.70. The molecule has 1 aromatic carbocycles. The van der Waals surface area contributed by atoms with Gasteiger partial charge in [0.2, 0.25) is 0 Å². The zero-order valence-corrected chi connectivity index (χ0v) is 13.3. The highest BCUT2D eigenvalue weighted by atomic mass is 16.5. The average molecular weight is 323 g/mol. The van der Waals surface area contributed by atoms with Crippen LogP contribution in [0.4, 0.5) is 0 Å². The first-order valence-corrected chi connectivity index (χ1v) is 7.14. The van der Waals surface area contributed by atoms with E-state index in [2.05, 4.69) is 15.3 Å². The van der Waals surface area contributed by atoms with Gasteiger partial charge in [-0.3, -0.25) is 9.98 Å². The molecule has 128 valence electrons. The Bertz CT molecular complexity index is 538. The largest absolute Gasteiger partial charge is 0.497 e. The van der Waals surface area contributed by atoms with Crippen molar-refractivity contribution >= 4 is 11.9 Å². The Hall–Kier alpha value is -2.68. The van der Waals surface area contributed by atoms with E-state index in [1.54, 1.807) is 7.11 Å². The van der Waals surface area contributed by atoms with E-state index in [0.29, 0.717) is 32.8 Å². The van der Waals surface area contributed by atoms with Crippen LogP contribution in [0.5, 0.6) is 11.5 Å². The fraction of sp³-hybridized carbons (Fsp3) is 0.429. The quantitative estimate of drug-likeness (QED) is 0.203. The first-order chi connectivity index (χ1) is 11.0. The van der Waals surface area contributed by atoms with Crippen molar-refractivity contribution in [2.75, 3.05) is 33.4 Å². The Labute approximate surface area is 135 Å². The van der Waals surface area contributed by atoms with Gasteiger partial charge >= 0.3 is 0 Å². The van der Waals surface area contributed by atoms with Crippen molar-refractivity contribution in [3.63, 3.8) is 0 Å². The lowest BCUT2D eigenvalue weighted by molar-refractivity contribution is 0.323. The third-order valence-corrected chi connectivity index (χ3v) is 2.81. The van der Waals surface area contributed by atoms with Crippen LogP contribution >= 0.6 is 0 Å². The van der Waals surface area contributed by atoms with E-state index in [-0.39, 0.29) is 11.9 Å². The normalized spacial score (nSPS) is 9.96. The molecule has 1 rings (SSSR count). The molecule has 0 heterocycles. The molecule has 0 fully saturated rings. The molecule has 9 N–H and O–H groups in total. The monoisotopic (exact) mass is 323 g/mol. The standard InChI is InChI=1S/C14H25N7O2/c1-22-11-2-3-12(23-7-6-21-14(17)18)10(8-11)9-19-4-5-20-13(15)16/h2-3,8,19H,4-7,9H2,1H3,(H4,15,16,20)(H4,17,18,21). The molecule has 0 bridgehead atoms. The number of ether oxygens (including phenoxy) is 2. The molecule has 9 nitrogen and oxygen atoms in total. The Morgan fingerprint density at radius 2 is 1.78 bits per heavy atom. The number of guanidine groups is 2. The molecule has 0 aliphatic rings. The molecule has 0 atom stereocenters. The summed E-state index contributed by atoms with van der Waals surface area (Å²) in [6.07, 6.45) is 0. The minimum Gasteiger partial charge on any atom is -0.497 e. The van der Waals surface area contributed by atoms with E-state index in [9.17, 15) is 0 Å². The fourth-order valence-electron chi connectivity index (χ4n) is 1.78. The zero-order chi connectivity index (χ0) is 17.1. The number of nitrogens with zero attached hydrogens (tertiary/aromatic N) is 2. The van der Waals surface area contributed by atoms with E-state index in [0.717, 1.165) is 17.1 Å². The van der Waals surface area contributed by atoms with Gasteiger partial charge in [0.15, 0.2) is 11.9 Å². The maximum Gasteiger partial charge on any atom is 0.186 e. The first-order valence-electron chi connectivity index (χ1n) is 7.14. The summed E-state index contributed by atoms with van der Waals surface area (Å²) >= 11 is 0.